The van der Waals surface area contributed by atoms with E-state index in [0.717, 1.165) is 5.56 Å². The van der Waals surface area contributed by atoms with Gasteiger partial charge in [0.15, 0.2) is 0 Å². The fourth-order valence-corrected chi connectivity index (χ4v) is 2.81. The molecule has 0 amide bonds. The maximum absolute atomic E-state index is 12.4. The zero-order valence-corrected chi connectivity index (χ0v) is 12.7. The second-order valence-electron chi connectivity index (χ2n) is 5.52. The Morgan fingerprint density at radius 3 is 2.28 bits per heavy atom. The minimum atomic E-state index is -0.615. The van der Waals surface area contributed by atoms with Crippen LogP contribution in [0.2, 0.25) is 0 Å². The zero-order valence-electron chi connectivity index (χ0n) is 12.7. The van der Waals surface area contributed by atoms with Crippen LogP contribution < -0.4 is 5.63 Å². The monoisotopic (exact) mass is 356 g/mol. The third-order valence-corrected chi connectivity index (χ3v) is 3.86. The molecule has 0 aliphatic heterocycles. The molecule has 1 unspecified atom stereocenters. The van der Waals surface area contributed by atoms with Gasteiger partial charge in [0.05, 0.1) is 10.9 Å². The summed E-state index contributed by atoms with van der Waals surface area (Å²) in [6, 6.07) is 16.0. The zero-order chi connectivity index (χ0) is 16.4. The van der Waals surface area contributed by atoms with Crippen molar-refractivity contribution >= 4 is 75.9 Å². The van der Waals surface area contributed by atoms with Gasteiger partial charge in [0.2, 0.25) is 0 Å². The number of rotatable bonds is 4. The average molecular weight is 356 g/mol. The van der Waals surface area contributed by atoms with Gasteiger partial charge in [0.25, 0.3) is 0 Å². The van der Waals surface area contributed by atoms with E-state index in [4.69, 9.17) is 4.42 Å². The second-order valence-corrected chi connectivity index (χ2v) is 5.52. The van der Waals surface area contributed by atoms with Crippen molar-refractivity contribution in [2.24, 2.45) is 0 Å². The molecule has 0 saturated heterocycles. The third-order valence-electron chi connectivity index (χ3n) is 3.86. The number of hydrogen-bond acceptors (Lipinski definition) is 4. The Bertz CT molecular complexity index is 920. The van der Waals surface area contributed by atoms with E-state index in [1.165, 1.54) is 6.92 Å². The van der Waals surface area contributed by atoms with Crippen LogP contribution >= 0.6 is 0 Å². The Morgan fingerprint density at radius 2 is 1.64 bits per heavy atom. The predicted octanol–water partition coefficient (Wildman–Crippen LogP) is 2.31. The Balaban J connectivity index is 0.00000156. The summed E-state index contributed by atoms with van der Waals surface area (Å²) in [5.41, 5.74) is 0.635. The molecule has 1 aromatic heterocycles. The first-order chi connectivity index (χ1) is 11.1. The molecule has 0 aliphatic carbocycles. The number of carbonyl (C=O) groups is 1. The summed E-state index contributed by atoms with van der Waals surface area (Å²) in [5, 5.41) is 11.1. The first kappa shape index (κ1) is 22.2. The number of carbonyl (C=O) groups excluding carboxylic acids is 1. The molecule has 1 atom stereocenters. The number of hydrogen-bond donors (Lipinski definition) is 1. The van der Waals surface area contributed by atoms with E-state index >= 15 is 0 Å². The number of para-hydroxylation sites is 1. The van der Waals surface area contributed by atoms with Gasteiger partial charge in [-0.05, 0) is 24.6 Å². The van der Waals surface area contributed by atoms with Gasteiger partial charge in [0, 0.05) is 12.3 Å². The van der Waals surface area contributed by atoms with Gasteiger partial charge in [-0.25, -0.2) is 4.79 Å². The van der Waals surface area contributed by atoms with E-state index in [9.17, 15) is 14.7 Å². The molecule has 3 rings (SSSR count). The molecule has 6 heteroatoms. The minimum absolute atomic E-state index is 0. The molecule has 120 valence electrons. The van der Waals surface area contributed by atoms with Gasteiger partial charge in [-0.2, -0.15) is 0 Å². The Kier molecular flexibility index (Phi) is 8.61. The molecule has 4 nitrogen and oxygen atoms in total. The first-order valence-corrected chi connectivity index (χ1v) is 7.37. The average Bonchev–Trinajstić information content (AvgIpc) is 2.54. The molecule has 3 aromatic rings. The quantitative estimate of drug-likeness (QED) is 0.575. The van der Waals surface area contributed by atoms with Gasteiger partial charge >= 0.3 is 64.7 Å². The normalized spacial score (nSPS) is 11.2. The van der Waals surface area contributed by atoms with Gasteiger partial charge in [0.1, 0.15) is 17.1 Å². The van der Waals surface area contributed by atoms with Crippen LogP contribution in [0.1, 0.15) is 30.4 Å². The van der Waals surface area contributed by atoms with Crippen LogP contribution in [0.4, 0.5) is 0 Å². The number of aromatic hydroxyl groups is 1. The Labute approximate surface area is 189 Å². The molecule has 1 heterocycles. The molecule has 0 fully saturated rings. The van der Waals surface area contributed by atoms with Crippen molar-refractivity contribution in [3.63, 3.8) is 0 Å². The van der Waals surface area contributed by atoms with Crippen LogP contribution in [0.3, 0.4) is 0 Å². The van der Waals surface area contributed by atoms with E-state index < -0.39 is 11.5 Å². The summed E-state index contributed by atoms with van der Waals surface area (Å²) in [4.78, 5) is 24.1. The molecule has 0 spiro atoms. The summed E-state index contributed by atoms with van der Waals surface area (Å²) in [6.45, 7) is 1.47. The summed E-state index contributed by atoms with van der Waals surface area (Å²) in [5.74, 6) is -0.715. The second kappa shape index (κ2) is 9.72. The van der Waals surface area contributed by atoms with Crippen LogP contribution in [-0.4, -0.2) is 70.0 Å². The van der Waals surface area contributed by atoms with Gasteiger partial charge < -0.3 is 9.52 Å². The topological polar surface area (TPSA) is 67.5 Å². The molecule has 1 N–H and O–H groups in total. The fraction of sp³-hybridized carbons (Fsp3) is 0.158. The predicted molar refractivity (Wildman–Crippen MR) is 102 cm³/mol. The van der Waals surface area contributed by atoms with E-state index in [1.54, 1.807) is 24.3 Å². The van der Waals surface area contributed by atoms with Crippen molar-refractivity contribution in [2.75, 3.05) is 0 Å². The standard InChI is InChI=1S/C19H16O4.2Na.2H/c1-12(20)11-15(13-7-3-2-4-8-13)17-18(21)14-9-5-6-10-16(14)23-19(17)22;;;;/h2-10,15,21H,11H2,1H3;;;;. The van der Waals surface area contributed by atoms with Crippen molar-refractivity contribution in [1.29, 1.82) is 0 Å². The maximum atomic E-state index is 12.4. The molecule has 0 radical (unpaired) electrons. The van der Waals surface area contributed by atoms with Crippen molar-refractivity contribution in [3.8, 4) is 5.75 Å². The summed E-state index contributed by atoms with van der Waals surface area (Å²) in [7, 11) is 0. The van der Waals surface area contributed by atoms with E-state index in [-0.39, 0.29) is 82.6 Å². The van der Waals surface area contributed by atoms with Crippen LogP contribution in [0, 0.1) is 0 Å². The number of fused-ring (bicyclic) bond motifs is 1. The van der Waals surface area contributed by atoms with Crippen LogP contribution in [0.15, 0.2) is 63.8 Å². The van der Waals surface area contributed by atoms with Crippen molar-refractivity contribution in [1.82, 2.24) is 0 Å². The number of benzene rings is 2. The van der Waals surface area contributed by atoms with Crippen molar-refractivity contribution in [2.45, 2.75) is 19.3 Å². The van der Waals surface area contributed by atoms with Crippen LogP contribution in [0.25, 0.3) is 11.0 Å². The first-order valence-electron chi connectivity index (χ1n) is 7.37. The van der Waals surface area contributed by atoms with E-state index in [0.29, 0.717) is 11.0 Å². The fourth-order valence-electron chi connectivity index (χ4n) is 2.81. The van der Waals surface area contributed by atoms with Gasteiger partial charge in [-0.1, -0.05) is 42.5 Å². The van der Waals surface area contributed by atoms with Crippen molar-refractivity contribution < 1.29 is 14.3 Å². The summed E-state index contributed by atoms with van der Waals surface area (Å²) in [6.07, 6.45) is 0.126. The Hall–Kier alpha value is -0.880. The molecule has 0 bridgehead atoms. The summed E-state index contributed by atoms with van der Waals surface area (Å²) >= 11 is 0. The SMILES string of the molecule is CC(=O)CC(c1ccccc1)c1c(O)c2ccccc2oc1=O.[NaH].[NaH]. The van der Waals surface area contributed by atoms with E-state index in [2.05, 4.69) is 0 Å². The molecule has 0 aliphatic rings. The molecule has 2 aromatic carbocycles. The van der Waals surface area contributed by atoms with Crippen molar-refractivity contribution in [3.05, 3.63) is 76.1 Å². The van der Waals surface area contributed by atoms with Gasteiger partial charge in [-0.15, -0.1) is 0 Å². The molecular weight excluding hydrogens is 338 g/mol. The number of ketones is 1. The summed E-state index contributed by atoms with van der Waals surface area (Å²) < 4.78 is 5.33. The molecular formula is C19H18Na2O4. The van der Waals surface area contributed by atoms with Gasteiger partial charge in [-0.3, -0.25) is 4.79 Å². The molecule has 0 saturated carbocycles. The Morgan fingerprint density at radius 1 is 1.04 bits per heavy atom. The third kappa shape index (κ3) is 4.85. The number of Topliss-reactive ketones (excluding diaryl/α,β-unsaturated/α-hetero) is 1. The molecule has 25 heavy (non-hydrogen) atoms. The van der Waals surface area contributed by atoms with E-state index in [1.807, 2.05) is 30.3 Å². The van der Waals surface area contributed by atoms with Crippen LogP contribution in [0.5, 0.6) is 5.75 Å². The van der Waals surface area contributed by atoms with Crippen LogP contribution in [-0.2, 0) is 4.79 Å².